The van der Waals surface area contributed by atoms with Crippen LogP contribution in [0.15, 0.2) is 109 Å². The van der Waals surface area contributed by atoms with E-state index >= 15 is 0 Å². The van der Waals surface area contributed by atoms with Crippen LogP contribution in [0.1, 0.15) is 22.3 Å². The topological polar surface area (TPSA) is 54.3 Å². The zero-order chi connectivity index (χ0) is 23.8. The maximum atomic E-state index is 8.47. The van der Waals surface area contributed by atoms with Gasteiger partial charge in [0.1, 0.15) is 21.6 Å². The number of methoxy groups -OCH3 is 1. The van der Waals surface area contributed by atoms with Crippen LogP contribution in [0.25, 0.3) is 0 Å². The maximum absolute atomic E-state index is 8.47. The molecule has 0 spiro atoms. The van der Waals surface area contributed by atoms with Gasteiger partial charge in [-0.15, -0.1) is 0 Å². The average molecular weight is 562 g/mol. The van der Waals surface area contributed by atoms with Crippen LogP contribution in [0.2, 0.25) is 0 Å². The lowest BCUT2D eigenvalue weighted by molar-refractivity contribution is 0.146. The third-order valence-electron chi connectivity index (χ3n) is 5.73. The molecule has 4 nitrogen and oxygen atoms in total. The minimum atomic E-state index is -0.664. The Hall–Kier alpha value is -3.16. The molecule has 4 rings (SSSR count). The van der Waals surface area contributed by atoms with Crippen LogP contribution in [0.5, 0.6) is 5.75 Å². The van der Waals surface area contributed by atoms with E-state index in [9.17, 15) is 0 Å². The van der Waals surface area contributed by atoms with Gasteiger partial charge in [0.2, 0.25) is 0 Å². The van der Waals surface area contributed by atoms with Gasteiger partial charge in [-0.25, -0.2) is 0 Å². The van der Waals surface area contributed by atoms with E-state index in [4.69, 9.17) is 14.9 Å². The molecule has 0 bridgehead atoms. The van der Waals surface area contributed by atoms with E-state index in [2.05, 4.69) is 101 Å². The molecule has 0 radical (unpaired) electrons. The van der Waals surface area contributed by atoms with E-state index in [0.29, 0.717) is 22.7 Å². The second kappa shape index (κ2) is 11.3. The molecule has 0 saturated carbocycles. The van der Waals surface area contributed by atoms with Crippen LogP contribution >= 0.6 is 22.6 Å². The monoisotopic (exact) mass is 562 g/mol. The summed E-state index contributed by atoms with van der Waals surface area (Å²) in [4.78, 5) is 0. The highest BCUT2D eigenvalue weighted by molar-refractivity contribution is 14.1. The highest BCUT2D eigenvalue weighted by atomic mass is 127. The molecule has 4 aromatic rings. The molecule has 5 heteroatoms. The molecule has 0 amide bonds. The first-order valence-corrected chi connectivity index (χ1v) is 12.2. The summed E-state index contributed by atoms with van der Waals surface area (Å²) in [6.07, 6.45) is 0. The van der Waals surface area contributed by atoms with Gasteiger partial charge in [0, 0.05) is 18.4 Å². The molecule has 2 N–H and O–H groups in total. The van der Waals surface area contributed by atoms with Crippen LogP contribution < -0.4 is 10.1 Å². The van der Waals surface area contributed by atoms with Gasteiger partial charge in [-0.1, -0.05) is 91.0 Å². The Balaban J connectivity index is 1.90. The van der Waals surface area contributed by atoms with Crippen LogP contribution in [-0.4, -0.2) is 24.0 Å². The quantitative estimate of drug-likeness (QED) is 0.0960. The maximum Gasteiger partial charge on any atom is 0.120 e. The number of hydrogen-bond acceptors (Lipinski definition) is 4. The highest BCUT2D eigenvalue weighted by Gasteiger charge is 2.37. The van der Waals surface area contributed by atoms with Gasteiger partial charge in [0.25, 0.3) is 0 Å². The number of hydrogen-bond donors (Lipinski definition) is 2. The number of anilines is 1. The predicted molar refractivity (Wildman–Crippen MR) is 147 cm³/mol. The molecule has 0 fully saturated rings. The van der Waals surface area contributed by atoms with Gasteiger partial charge in [0.15, 0.2) is 0 Å². The van der Waals surface area contributed by atoms with Crippen molar-refractivity contribution in [3.63, 3.8) is 0 Å². The fourth-order valence-corrected chi connectivity index (χ4v) is 4.58. The SMILES string of the molecule is COCCOc1ccc(NC(c2ccccc2)(c2ccccc2)c2ccccc2)c(C(=N)I)c1. The normalized spacial score (nSPS) is 11.1. The third-order valence-corrected chi connectivity index (χ3v) is 6.31. The van der Waals surface area contributed by atoms with E-state index in [-0.39, 0.29) is 0 Å². The zero-order valence-corrected chi connectivity index (χ0v) is 21.2. The Bertz CT molecular complexity index is 1120. The molecule has 0 aliphatic heterocycles. The van der Waals surface area contributed by atoms with Crippen LogP contribution in [0.3, 0.4) is 0 Å². The lowest BCUT2D eigenvalue weighted by Gasteiger charge is -2.38. The molecule has 0 heterocycles. The van der Waals surface area contributed by atoms with Gasteiger partial charge < -0.3 is 14.8 Å². The van der Waals surface area contributed by atoms with Gasteiger partial charge in [-0.05, 0) is 57.5 Å². The van der Waals surface area contributed by atoms with Crippen molar-refractivity contribution in [3.8, 4) is 5.75 Å². The largest absolute Gasteiger partial charge is 0.491 e. The van der Waals surface area contributed by atoms with E-state index in [0.717, 1.165) is 27.9 Å². The third kappa shape index (κ3) is 5.16. The summed E-state index contributed by atoms with van der Waals surface area (Å²) in [5.41, 5.74) is 4.30. The Labute approximate surface area is 214 Å². The highest BCUT2D eigenvalue weighted by Crippen LogP contribution is 2.41. The summed E-state index contributed by atoms with van der Waals surface area (Å²) in [7, 11) is 1.65. The Kier molecular flexibility index (Phi) is 7.98. The lowest BCUT2D eigenvalue weighted by Crippen LogP contribution is -2.38. The number of halogens is 1. The number of benzene rings is 4. The molecule has 0 unspecified atom stereocenters. The van der Waals surface area contributed by atoms with Crippen molar-refractivity contribution in [2.75, 3.05) is 25.6 Å². The van der Waals surface area contributed by atoms with E-state index < -0.39 is 5.54 Å². The standard InChI is InChI=1S/C29H27IN2O2/c1-33-19-20-34-25-17-18-27(26(21-25)28(30)31)32-29(22-11-5-2-6-12-22,23-13-7-3-8-14-23)24-15-9-4-10-16-24/h2-18,21,31-32H,19-20H2,1H3. The second-order valence-electron chi connectivity index (χ2n) is 7.84. The molecule has 0 saturated heterocycles. The molecule has 34 heavy (non-hydrogen) atoms. The summed E-state index contributed by atoms with van der Waals surface area (Å²) in [5.74, 6) is 0.712. The minimum absolute atomic E-state index is 0.431. The van der Waals surface area contributed by atoms with Crippen molar-refractivity contribution in [1.82, 2.24) is 0 Å². The molecule has 0 atom stereocenters. The number of nitrogens with one attached hydrogen (secondary N) is 2. The summed E-state index contributed by atoms with van der Waals surface area (Å²) in [5, 5.41) is 12.3. The number of ether oxygens (including phenoxy) is 2. The summed E-state index contributed by atoms with van der Waals surface area (Å²) >= 11 is 2.05. The van der Waals surface area contributed by atoms with Crippen LogP contribution in [0.4, 0.5) is 5.69 Å². The van der Waals surface area contributed by atoms with Crippen LogP contribution in [0, 0.1) is 5.41 Å². The van der Waals surface area contributed by atoms with E-state index in [1.807, 2.05) is 36.4 Å². The lowest BCUT2D eigenvalue weighted by atomic mass is 9.76. The molecular weight excluding hydrogens is 535 g/mol. The number of rotatable bonds is 10. The fourth-order valence-electron chi connectivity index (χ4n) is 4.13. The van der Waals surface area contributed by atoms with Crippen molar-refractivity contribution in [2.45, 2.75) is 5.54 Å². The van der Waals surface area contributed by atoms with Crippen LogP contribution in [-0.2, 0) is 10.3 Å². The predicted octanol–water partition coefficient (Wildman–Crippen LogP) is 6.88. The Morgan fingerprint density at radius 1 is 0.765 bits per heavy atom. The van der Waals surface area contributed by atoms with Gasteiger partial charge in [0.05, 0.1) is 6.61 Å². The van der Waals surface area contributed by atoms with Crippen molar-refractivity contribution in [3.05, 3.63) is 131 Å². The van der Waals surface area contributed by atoms with Crippen molar-refractivity contribution >= 4 is 32.0 Å². The minimum Gasteiger partial charge on any atom is -0.491 e. The smallest absolute Gasteiger partial charge is 0.120 e. The van der Waals surface area contributed by atoms with Gasteiger partial charge in [-0.2, -0.15) is 0 Å². The van der Waals surface area contributed by atoms with Crippen molar-refractivity contribution < 1.29 is 9.47 Å². The molecule has 172 valence electrons. The van der Waals surface area contributed by atoms with Gasteiger partial charge in [-0.3, -0.25) is 5.41 Å². The molecule has 4 aromatic carbocycles. The van der Waals surface area contributed by atoms with Crippen molar-refractivity contribution in [2.24, 2.45) is 0 Å². The first-order valence-electron chi connectivity index (χ1n) is 11.1. The van der Waals surface area contributed by atoms with E-state index in [1.165, 1.54) is 0 Å². The van der Waals surface area contributed by atoms with Gasteiger partial charge >= 0.3 is 0 Å². The molecule has 0 aliphatic rings. The van der Waals surface area contributed by atoms with E-state index in [1.54, 1.807) is 7.11 Å². The first kappa shape index (κ1) is 24.0. The molecule has 0 aromatic heterocycles. The molecular formula is C29H27IN2O2. The molecule has 0 aliphatic carbocycles. The summed E-state index contributed by atoms with van der Waals surface area (Å²) in [6, 6.07) is 37.2. The summed E-state index contributed by atoms with van der Waals surface area (Å²) < 4.78 is 11.4. The first-order chi connectivity index (χ1) is 16.6. The fraction of sp³-hybridized carbons (Fsp3) is 0.138. The Morgan fingerprint density at radius 3 is 1.71 bits per heavy atom. The summed E-state index contributed by atoms with van der Waals surface area (Å²) in [6.45, 7) is 0.968. The van der Waals surface area contributed by atoms with Crippen molar-refractivity contribution in [1.29, 1.82) is 5.41 Å². The Morgan fingerprint density at radius 2 is 1.26 bits per heavy atom. The zero-order valence-electron chi connectivity index (χ0n) is 19.0. The second-order valence-corrected chi connectivity index (χ2v) is 8.91. The average Bonchev–Trinajstić information content (AvgIpc) is 2.89.